The van der Waals surface area contributed by atoms with Crippen LogP contribution in [0.2, 0.25) is 0 Å². The van der Waals surface area contributed by atoms with Gasteiger partial charge in [0.05, 0.1) is 17.9 Å². The molecule has 1 fully saturated rings. The third kappa shape index (κ3) is 2.84. The van der Waals surface area contributed by atoms with Crippen LogP contribution in [-0.4, -0.2) is 42.2 Å². The molecule has 1 aliphatic heterocycles. The molecule has 5 nitrogen and oxygen atoms in total. The first-order chi connectivity index (χ1) is 8.61. The number of aryl methyl sites for hydroxylation is 2. The maximum absolute atomic E-state index is 5.90. The van der Waals surface area contributed by atoms with Crippen molar-refractivity contribution in [2.24, 2.45) is 7.05 Å². The molecule has 0 radical (unpaired) electrons. The summed E-state index contributed by atoms with van der Waals surface area (Å²) in [4.78, 5) is 0. The molecule has 1 N–H and O–H groups in total. The van der Waals surface area contributed by atoms with Crippen molar-refractivity contribution < 1.29 is 9.47 Å². The Labute approximate surface area is 108 Å². The number of hydrogen-bond donors (Lipinski definition) is 1. The Balaban J connectivity index is 1.85. The van der Waals surface area contributed by atoms with Crippen LogP contribution in [0.4, 0.5) is 0 Å². The number of nitrogens with one attached hydrogen (secondary N) is 1. The van der Waals surface area contributed by atoms with Gasteiger partial charge in [-0.3, -0.25) is 4.68 Å². The summed E-state index contributed by atoms with van der Waals surface area (Å²) in [5.41, 5.74) is 2.01. The summed E-state index contributed by atoms with van der Waals surface area (Å²) >= 11 is 0. The lowest BCUT2D eigenvalue weighted by molar-refractivity contribution is 0.0191. The van der Waals surface area contributed by atoms with Crippen LogP contribution in [0.1, 0.15) is 24.2 Å². The second-order valence-corrected chi connectivity index (χ2v) is 4.95. The van der Waals surface area contributed by atoms with Gasteiger partial charge in [0, 0.05) is 13.6 Å². The molecule has 2 unspecified atom stereocenters. The van der Waals surface area contributed by atoms with Crippen LogP contribution in [0, 0.1) is 13.8 Å². The SMILES string of the molecule is CNCC1CCC(COc2c(C)nn(C)c2C)O1. The molecule has 2 rings (SSSR count). The van der Waals surface area contributed by atoms with E-state index in [4.69, 9.17) is 9.47 Å². The van der Waals surface area contributed by atoms with E-state index in [9.17, 15) is 0 Å². The highest BCUT2D eigenvalue weighted by atomic mass is 16.5. The first-order valence-corrected chi connectivity index (χ1v) is 6.55. The van der Waals surface area contributed by atoms with E-state index in [1.165, 1.54) is 0 Å². The van der Waals surface area contributed by atoms with E-state index >= 15 is 0 Å². The van der Waals surface area contributed by atoms with Crippen molar-refractivity contribution in [2.75, 3.05) is 20.2 Å². The third-order valence-electron chi connectivity index (χ3n) is 3.48. The third-order valence-corrected chi connectivity index (χ3v) is 3.48. The number of rotatable bonds is 5. The van der Waals surface area contributed by atoms with E-state index in [1.807, 2.05) is 32.6 Å². The number of nitrogens with zero attached hydrogens (tertiary/aromatic N) is 2. The molecular formula is C13H23N3O2. The molecule has 0 aliphatic carbocycles. The van der Waals surface area contributed by atoms with Crippen LogP contribution in [0.15, 0.2) is 0 Å². The zero-order chi connectivity index (χ0) is 13.1. The molecule has 102 valence electrons. The lowest BCUT2D eigenvalue weighted by Crippen LogP contribution is -2.26. The van der Waals surface area contributed by atoms with E-state index in [-0.39, 0.29) is 6.10 Å². The highest BCUT2D eigenvalue weighted by Crippen LogP contribution is 2.24. The first kappa shape index (κ1) is 13.4. The number of ether oxygens (including phenoxy) is 2. The lowest BCUT2D eigenvalue weighted by atomic mass is 10.2. The Morgan fingerprint density at radius 3 is 2.72 bits per heavy atom. The van der Waals surface area contributed by atoms with Gasteiger partial charge in [0.25, 0.3) is 0 Å². The molecule has 1 aliphatic rings. The molecule has 2 atom stereocenters. The summed E-state index contributed by atoms with van der Waals surface area (Å²) in [7, 11) is 3.89. The molecule has 18 heavy (non-hydrogen) atoms. The van der Waals surface area contributed by atoms with E-state index in [0.717, 1.165) is 36.5 Å². The van der Waals surface area contributed by atoms with E-state index in [2.05, 4.69) is 10.4 Å². The summed E-state index contributed by atoms with van der Waals surface area (Å²) in [5.74, 6) is 0.901. The van der Waals surface area contributed by atoms with Crippen LogP contribution in [0.25, 0.3) is 0 Å². The predicted molar refractivity (Wildman–Crippen MR) is 70.0 cm³/mol. The summed E-state index contributed by atoms with van der Waals surface area (Å²) in [6.45, 7) is 5.53. The monoisotopic (exact) mass is 253 g/mol. The zero-order valence-electron chi connectivity index (χ0n) is 11.7. The van der Waals surface area contributed by atoms with Crippen molar-refractivity contribution in [3.63, 3.8) is 0 Å². The second-order valence-electron chi connectivity index (χ2n) is 4.95. The molecule has 0 spiro atoms. The molecule has 1 aromatic rings. The maximum Gasteiger partial charge on any atom is 0.163 e. The van der Waals surface area contributed by atoms with Crippen molar-refractivity contribution in [1.82, 2.24) is 15.1 Å². The topological polar surface area (TPSA) is 48.3 Å². The summed E-state index contributed by atoms with van der Waals surface area (Å²) in [6.07, 6.45) is 2.73. The van der Waals surface area contributed by atoms with Crippen molar-refractivity contribution >= 4 is 0 Å². The molecule has 0 saturated carbocycles. The molecule has 1 saturated heterocycles. The smallest absolute Gasteiger partial charge is 0.163 e. The number of likely N-dealkylation sites (N-methyl/N-ethyl adjacent to an activating group) is 1. The van der Waals surface area contributed by atoms with Gasteiger partial charge in [0.1, 0.15) is 12.3 Å². The standard InChI is InChI=1S/C13H23N3O2/c1-9-13(10(2)16(4)15-9)17-8-12-6-5-11(18-12)7-14-3/h11-12,14H,5-8H2,1-4H3. The van der Waals surface area contributed by atoms with E-state index < -0.39 is 0 Å². The fraction of sp³-hybridized carbons (Fsp3) is 0.769. The summed E-state index contributed by atoms with van der Waals surface area (Å²) in [5, 5.41) is 7.49. The van der Waals surface area contributed by atoms with E-state index in [1.54, 1.807) is 0 Å². The quantitative estimate of drug-likeness (QED) is 0.856. The Morgan fingerprint density at radius 2 is 2.11 bits per heavy atom. The Bertz CT molecular complexity index is 403. The number of aromatic nitrogens is 2. The molecule has 2 heterocycles. The highest BCUT2D eigenvalue weighted by Gasteiger charge is 2.25. The maximum atomic E-state index is 5.90. The minimum absolute atomic E-state index is 0.211. The number of hydrogen-bond acceptors (Lipinski definition) is 4. The fourth-order valence-corrected chi connectivity index (χ4v) is 2.42. The van der Waals surface area contributed by atoms with Gasteiger partial charge in [-0.25, -0.2) is 0 Å². The molecule has 0 bridgehead atoms. The van der Waals surface area contributed by atoms with Crippen LogP contribution >= 0.6 is 0 Å². The van der Waals surface area contributed by atoms with E-state index in [0.29, 0.717) is 12.7 Å². The highest BCUT2D eigenvalue weighted by molar-refractivity contribution is 5.31. The fourth-order valence-electron chi connectivity index (χ4n) is 2.42. The molecule has 5 heteroatoms. The molecule has 1 aromatic heterocycles. The van der Waals surface area contributed by atoms with Crippen molar-refractivity contribution in [3.8, 4) is 5.75 Å². The van der Waals surface area contributed by atoms with Gasteiger partial charge >= 0.3 is 0 Å². The molecule has 0 aromatic carbocycles. The largest absolute Gasteiger partial charge is 0.487 e. The van der Waals surface area contributed by atoms with Crippen molar-refractivity contribution in [3.05, 3.63) is 11.4 Å². The van der Waals surface area contributed by atoms with Gasteiger partial charge in [-0.05, 0) is 33.7 Å². The average molecular weight is 253 g/mol. The van der Waals surface area contributed by atoms with Crippen LogP contribution in [0.5, 0.6) is 5.75 Å². The summed E-state index contributed by atoms with van der Waals surface area (Å²) in [6, 6.07) is 0. The summed E-state index contributed by atoms with van der Waals surface area (Å²) < 4.78 is 13.6. The minimum Gasteiger partial charge on any atom is -0.487 e. The Kier molecular flexibility index (Phi) is 4.24. The second kappa shape index (κ2) is 5.71. The van der Waals surface area contributed by atoms with Gasteiger partial charge in [-0.15, -0.1) is 0 Å². The normalized spacial score (nSPS) is 23.6. The van der Waals surface area contributed by atoms with Gasteiger partial charge in [0.2, 0.25) is 0 Å². The van der Waals surface area contributed by atoms with Gasteiger partial charge in [0.15, 0.2) is 5.75 Å². The molecule has 0 amide bonds. The minimum atomic E-state index is 0.211. The zero-order valence-corrected chi connectivity index (χ0v) is 11.7. The van der Waals surface area contributed by atoms with Crippen molar-refractivity contribution in [1.29, 1.82) is 0 Å². The predicted octanol–water partition coefficient (Wildman–Crippen LogP) is 1.18. The van der Waals surface area contributed by atoms with Crippen LogP contribution < -0.4 is 10.1 Å². The first-order valence-electron chi connectivity index (χ1n) is 6.55. The average Bonchev–Trinajstić information content (AvgIpc) is 2.85. The van der Waals surface area contributed by atoms with Crippen molar-refractivity contribution in [2.45, 2.75) is 38.9 Å². The Hall–Kier alpha value is -1.07. The molecular weight excluding hydrogens is 230 g/mol. The van der Waals surface area contributed by atoms with Gasteiger partial charge in [-0.2, -0.15) is 5.10 Å². The van der Waals surface area contributed by atoms with Crippen LogP contribution in [0.3, 0.4) is 0 Å². The Morgan fingerprint density at radius 1 is 1.39 bits per heavy atom. The van der Waals surface area contributed by atoms with Gasteiger partial charge < -0.3 is 14.8 Å². The van der Waals surface area contributed by atoms with Gasteiger partial charge in [-0.1, -0.05) is 0 Å². The van der Waals surface area contributed by atoms with Crippen LogP contribution in [-0.2, 0) is 11.8 Å². The lowest BCUT2D eigenvalue weighted by Gasteiger charge is -2.14.